The lowest BCUT2D eigenvalue weighted by atomic mass is 10.2. The number of rotatable bonds is 6. The minimum absolute atomic E-state index is 0.666. The number of nitrogens with zero attached hydrogens (tertiary/aromatic N) is 1. The van der Waals surface area contributed by atoms with E-state index in [9.17, 15) is 0 Å². The van der Waals surface area contributed by atoms with E-state index in [4.69, 9.17) is 4.74 Å². The summed E-state index contributed by atoms with van der Waals surface area (Å²) in [5.74, 6) is 1.50. The lowest BCUT2D eigenvalue weighted by Crippen LogP contribution is -2.06. The van der Waals surface area contributed by atoms with Gasteiger partial charge in [-0.1, -0.05) is 26.0 Å². The minimum Gasteiger partial charge on any atom is -0.439 e. The predicted molar refractivity (Wildman–Crippen MR) is 82.3 cm³/mol. The molecule has 0 bridgehead atoms. The van der Waals surface area contributed by atoms with Crippen LogP contribution in [0.2, 0.25) is 0 Å². The van der Waals surface area contributed by atoms with E-state index in [1.165, 1.54) is 11.1 Å². The first kappa shape index (κ1) is 14.5. The van der Waals surface area contributed by atoms with E-state index in [2.05, 4.69) is 42.3 Å². The van der Waals surface area contributed by atoms with Gasteiger partial charge in [0.1, 0.15) is 5.75 Å². The van der Waals surface area contributed by atoms with E-state index >= 15 is 0 Å². The summed E-state index contributed by atoms with van der Waals surface area (Å²) < 4.78 is 5.87. The highest BCUT2D eigenvalue weighted by molar-refractivity contribution is 5.32. The Labute approximate surface area is 121 Å². The summed E-state index contributed by atoms with van der Waals surface area (Å²) >= 11 is 0. The molecule has 0 fully saturated rings. The van der Waals surface area contributed by atoms with Gasteiger partial charge in [-0.15, -0.1) is 0 Å². The quantitative estimate of drug-likeness (QED) is 0.868. The third-order valence-electron chi connectivity index (χ3n) is 3.21. The van der Waals surface area contributed by atoms with Gasteiger partial charge in [-0.05, 0) is 49.2 Å². The highest BCUT2D eigenvalue weighted by atomic mass is 16.5. The van der Waals surface area contributed by atoms with Gasteiger partial charge in [0.05, 0.1) is 0 Å². The van der Waals surface area contributed by atoms with Gasteiger partial charge in [-0.3, -0.25) is 0 Å². The lowest BCUT2D eigenvalue weighted by Gasteiger charge is -2.09. The van der Waals surface area contributed by atoms with Crippen molar-refractivity contribution < 1.29 is 4.74 Å². The fraction of sp³-hybridized carbons (Fsp3) is 0.353. The largest absolute Gasteiger partial charge is 0.439 e. The lowest BCUT2D eigenvalue weighted by molar-refractivity contribution is 0.459. The Bertz CT molecular complexity index is 549. The molecule has 0 aliphatic rings. The van der Waals surface area contributed by atoms with Crippen LogP contribution in [0.25, 0.3) is 0 Å². The van der Waals surface area contributed by atoms with Crippen molar-refractivity contribution in [2.75, 3.05) is 7.05 Å². The molecule has 20 heavy (non-hydrogen) atoms. The zero-order chi connectivity index (χ0) is 14.4. The smallest absolute Gasteiger partial charge is 0.219 e. The maximum absolute atomic E-state index is 5.87. The fourth-order valence-corrected chi connectivity index (χ4v) is 2.07. The van der Waals surface area contributed by atoms with Gasteiger partial charge in [0.25, 0.3) is 0 Å². The Kier molecular flexibility index (Phi) is 5.13. The van der Waals surface area contributed by atoms with Crippen LogP contribution in [-0.4, -0.2) is 12.0 Å². The van der Waals surface area contributed by atoms with Crippen molar-refractivity contribution >= 4 is 0 Å². The predicted octanol–water partition coefficient (Wildman–Crippen LogP) is 3.72. The standard InChI is InChI=1S/C17H22N2O/c1-4-13-6-8-16(9-7-13)20-17-11-14(12-18-3)10-15(5-2)19-17/h6-11,18H,4-5,12H2,1-3H3. The molecule has 3 nitrogen and oxygen atoms in total. The molecule has 2 aromatic rings. The third-order valence-corrected chi connectivity index (χ3v) is 3.21. The third kappa shape index (κ3) is 3.81. The second-order valence-electron chi connectivity index (χ2n) is 4.79. The Morgan fingerprint density at radius 2 is 1.75 bits per heavy atom. The monoisotopic (exact) mass is 270 g/mol. The van der Waals surface area contributed by atoms with Crippen LogP contribution in [0.4, 0.5) is 0 Å². The molecule has 0 aliphatic carbocycles. The normalized spacial score (nSPS) is 10.6. The van der Waals surface area contributed by atoms with Gasteiger partial charge in [-0.2, -0.15) is 0 Å². The van der Waals surface area contributed by atoms with E-state index in [1.807, 2.05) is 25.2 Å². The highest BCUT2D eigenvalue weighted by Gasteiger charge is 2.04. The molecule has 2 rings (SSSR count). The topological polar surface area (TPSA) is 34.1 Å². The molecule has 0 amide bonds. The molecule has 0 saturated heterocycles. The molecule has 0 atom stereocenters. The second-order valence-corrected chi connectivity index (χ2v) is 4.79. The molecule has 0 saturated carbocycles. The second kappa shape index (κ2) is 7.06. The van der Waals surface area contributed by atoms with Crippen LogP contribution in [-0.2, 0) is 19.4 Å². The van der Waals surface area contributed by atoms with E-state index in [-0.39, 0.29) is 0 Å². The molecular formula is C17H22N2O. The van der Waals surface area contributed by atoms with E-state index in [1.54, 1.807) is 0 Å². The van der Waals surface area contributed by atoms with Crippen LogP contribution in [0.15, 0.2) is 36.4 Å². The van der Waals surface area contributed by atoms with Crippen molar-refractivity contribution in [2.24, 2.45) is 0 Å². The summed E-state index contributed by atoms with van der Waals surface area (Å²) in [4.78, 5) is 4.52. The Hall–Kier alpha value is -1.87. The summed E-state index contributed by atoms with van der Waals surface area (Å²) in [5, 5.41) is 3.16. The van der Waals surface area contributed by atoms with Gasteiger partial charge in [-0.25, -0.2) is 4.98 Å². The van der Waals surface area contributed by atoms with Crippen molar-refractivity contribution in [2.45, 2.75) is 33.2 Å². The van der Waals surface area contributed by atoms with Crippen molar-refractivity contribution in [3.8, 4) is 11.6 Å². The first-order chi connectivity index (χ1) is 9.75. The summed E-state index contributed by atoms with van der Waals surface area (Å²) in [6.45, 7) is 5.07. The Balaban J connectivity index is 2.20. The Morgan fingerprint density at radius 1 is 1.00 bits per heavy atom. The molecule has 1 heterocycles. The number of pyridine rings is 1. The van der Waals surface area contributed by atoms with Crippen LogP contribution >= 0.6 is 0 Å². The maximum atomic E-state index is 5.87. The molecule has 1 N–H and O–H groups in total. The molecular weight excluding hydrogens is 248 g/mol. The number of ether oxygens (including phenoxy) is 1. The van der Waals surface area contributed by atoms with E-state index < -0.39 is 0 Å². The summed E-state index contributed by atoms with van der Waals surface area (Å²) in [6, 6.07) is 12.3. The molecule has 0 unspecified atom stereocenters. The Morgan fingerprint density at radius 3 is 2.35 bits per heavy atom. The van der Waals surface area contributed by atoms with Crippen LogP contribution < -0.4 is 10.1 Å². The van der Waals surface area contributed by atoms with E-state index in [0.29, 0.717) is 5.88 Å². The zero-order valence-corrected chi connectivity index (χ0v) is 12.4. The molecule has 106 valence electrons. The number of benzene rings is 1. The van der Waals surface area contributed by atoms with Gasteiger partial charge in [0.2, 0.25) is 5.88 Å². The van der Waals surface area contributed by atoms with Crippen LogP contribution in [0.5, 0.6) is 11.6 Å². The summed E-state index contributed by atoms with van der Waals surface area (Å²) in [7, 11) is 1.94. The van der Waals surface area contributed by atoms with Gasteiger partial charge in [0.15, 0.2) is 0 Å². The van der Waals surface area contributed by atoms with Crippen molar-refractivity contribution in [1.29, 1.82) is 0 Å². The minimum atomic E-state index is 0.666. The van der Waals surface area contributed by atoms with Crippen molar-refractivity contribution in [1.82, 2.24) is 10.3 Å². The zero-order valence-electron chi connectivity index (χ0n) is 12.4. The van der Waals surface area contributed by atoms with E-state index in [0.717, 1.165) is 30.8 Å². The number of aromatic nitrogens is 1. The van der Waals surface area contributed by atoms with Crippen molar-refractivity contribution in [3.05, 3.63) is 53.2 Å². The molecule has 1 aromatic heterocycles. The number of nitrogens with one attached hydrogen (secondary N) is 1. The van der Waals surface area contributed by atoms with Crippen LogP contribution in [0.1, 0.15) is 30.7 Å². The fourth-order valence-electron chi connectivity index (χ4n) is 2.07. The van der Waals surface area contributed by atoms with Gasteiger partial charge < -0.3 is 10.1 Å². The molecule has 1 aromatic carbocycles. The first-order valence-electron chi connectivity index (χ1n) is 7.16. The number of hydrogen-bond acceptors (Lipinski definition) is 3. The average molecular weight is 270 g/mol. The maximum Gasteiger partial charge on any atom is 0.219 e. The molecule has 0 spiro atoms. The highest BCUT2D eigenvalue weighted by Crippen LogP contribution is 2.22. The van der Waals surface area contributed by atoms with Crippen LogP contribution in [0, 0.1) is 0 Å². The number of hydrogen-bond donors (Lipinski definition) is 1. The van der Waals surface area contributed by atoms with Crippen molar-refractivity contribution in [3.63, 3.8) is 0 Å². The SMILES string of the molecule is CCc1ccc(Oc2cc(CNC)cc(CC)n2)cc1. The summed E-state index contributed by atoms with van der Waals surface area (Å²) in [5.41, 5.74) is 3.56. The van der Waals surface area contributed by atoms with Gasteiger partial charge in [0, 0.05) is 18.3 Å². The first-order valence-corrected chi connectivity index (χ1v) is 7.16. The molecule has 0 aliphatic heterocycles. The molecule has 0 radical (unpaired) electrons. The molecule has 3 heteroatoms. The number of aryl methyl sites for hydroxylation is 2. The average Bonchev–Trinajstić information content (AvgIpc) is 2.48. The van der Waals surface area contributed by atoms with Crippen LogP contribution in [0.3, 0.4) is 0 Å². The summed E-state index contributed by atoms with van der Waals surface area (Å²) in [6.07, 6.45) is 1.94. The van der Waals surface area contributed by atoms with Gasteiger partial charge >= 0.3 is 0 Å².